The summed E-state index contributed by atoms with van der Waals surface area (Å²) >= 11 is 5.58. The lowest BCUT2D eigenvalue weighted by Crippen LogP contribution is -2.12. The van der Waals surface area contributed by atoms with Crippen molar-refractivity contribution in [3.63, 3.8) is 0 Å². The number of anilines is 1. The Morgan fingerprint density at radius 1 is 1.33 bits per heavy atom. The third kappa shape index (κ3) is 3.20. The molecule has 0 atom stereocenters. The number of hydrogen-bond donors (Lipinski definition) is 2. The molecule has 0 fully saturated rings. The lowest BCUT2D eigenvalue weighted by molar-refractivity contribution is 0.102. The number of aromatic hydroxyl groups is 1. The highest BCUT2D eigenvalue weighted by molar-refractivity contribution is 14.1. The monoisotopic (exact) mass is 418 g/mol. The minimum Gasteiger partial charge on any atom is -0.506 e. The van der Waals surface area contributed by atoms with Crippen LogP contribution in [-0.4, -0.2) is 16.0 Å². The summed E-state index contributed by atoms with van der Waals surface area (Å²) in [5.74, 6) is -0.349. The minimum absolute atomic E-state index is 0.0357. The van der Waals surface area contributed by atoms with Gasteiger partial charge in [0.25, 0.3) is 5.91 Å². The zero-order valence-corrected chi connectivity index (χ0v) is 12.8. The highest BCUT2D eigenvalue weighted by Crippen LogP contribution is 2.23. The highest BCUT2D eigenvalue weighted by Gasteiger charge is 2.08. The van der Waals surface area contributed by atoms with E-state index in [2.05, 4.69) is 48.8 Å². The summed E-state index contributed by atoms with van der Waals surface area (Å²) in [7, 11) is 0. The van der Waals surface area contributed by atoms with Gasteiger partial charge in [0.1, 0.15) is 5.75 Å². The molecule has 0 saturated heterocycles. The third-order valence-electron chi connectivity index (χ3n) is 2.16. The van der Waals surface area contributed by atoms with Gasteiger partial charge in [-0.3, -0.25) is 9.78 Å². The van der Waals surface area contributed by atoms with Crippen LogP contribution in [0.25, 0.3) is 0 Å². The van der Waals surface area contributed by atoms with E-state index in [1.807, 2.05) is 12.1 Å². The van der Waals surface area contributed by atoms with Crippen molar-refractivity contribution in [3.05, 3.63) is 50.3 Å². The van der Waals surface area contributed by atoms with E-state index in [1.165, 1.54) is 18.5 Å². The molecule has 2 aromatic rings. The average Bonchev–Trinajstić information content (AvgIpc) is 2.34. The number of nitrogens with zero attached hydrogens (tertiary/aromatic N) is 1. The van der Waals surface area contributed by atoms with Gasteiger partial charge >= 0.3 is 0 Å². The fourth-order valence-corrected chi connectivity index (χ4v) is 2.04. The van der Waals surface area contributed by atoms with Crippen molar-refractivity contribution in [2.24, 2.45) is 0 Å². The molecule has 0 aliphatic carbocycles. The van der Waals surface area contributed by atoms with E-state index in [9.17, 15) is 9.90 Å². The molecule has 0 bridgehead atoms. The summed E-state index contributed by atoms with van der Waals surface area (Å²) in [6.07, 6.45) is 2.68. The number of pyridine rings is 1. The number of hydrogen-bond acceptors (Lipinski definition) is 3. The van der Waals surface area contributed by atoms with Gasteiger partial charge in [0.05, 0.1) is 11.8 Å². The first-order valence-corrected chi connectivity index (χ1v) is 6.84. The molecule has 2 rings (SSSR count). The molecule has 1 amide bonds. The Morgan fingerprint density at radius 2 is 2.11 bits per heavy atom. The summed E-state index contributed by atoms with van der Waals surface area (Å²) in [5, 5.41) is 12.0. The van der Waals surface area contributed by atoms with E-state index in [-0.39, 0.29) is 11.7 Å². The van der Waals surface area contributed by atoms with Crippen LogP contribution >= 0.6 is 38.5 Å². The predicted molar refractivity (Wildman–Crippen MR) is 80.7 cm³/mol. The predicted octanol–water partition coefficient (Wildman–Crippen LogP) is 3.41. The molecule has 1 heterocycles. The van der Waals surface area contributed by atoms with E-state index in [0.717, 1.165) is 8.04 Å². The summed E-state index contributed by atoms with van der Waals surface area (Å²) in [5.41, 5.74) is 0.986. The number of amides is 1. The van der Waals surface area contributed by atoms with Crippen molar-refractivity contribution < 1.29 is 9.90 Å². The van der Waals surface area contributed by atoms with Gasteiger partial charge in [-0.1, -0.05) is 0 Å². The fourth-order valence-electron chi connectivity index (χ4n) is 1.33. The van der Waals surface area contributed by atoms with Crippen molar-refractivity contribution in [3.8, 4) is 5.75 Å². The molecule has 0 spiro atoms. The molecule has 0 aliphatic heterocycles. The van der Waals surface area contributed by atoms with Crippen LogP contribution in [0.5, 0.6) is 5.75 Å². The van der Waals surface area contributed by atoms with Crippen LogP contribution in [0.2, 0.25) is 0 Å². The Bertz CT molecular complexity index is 604. The molecule has 4 nitrogen and oxygen atoms in total. The van der Waals surface area contributed by atoms with Crippen LogP contribution < -0.4 is 5.32 Å². The normalized spacial score (nSPS) is 10.1. The summed E-state index contributed by atoms with van der Waals surface area (Å²) < 4.78 is 1.97. The number of rotatable bonds is 2. The van der Waals surface area contributed by atoms with Crippen molar-refractivity contribution >= 4 is 50.1 Å². The molecule has 0 unspecified atom stereocenters. The van der Waals surface area contributed by atoms with Crippen molar-refractivity contribution in [1.29, 1.82) is 0 Å². The molecule has 92 valence electrons. The van der Waals surface area contributed by atoms with Gasteiger partial charge in [-0.05, 0) is 62.8 Å². The Balaban J connectivity index is 2.18. The smallest absolute Gasteiger partial charge is 0.257 e. The summed E-state index contributed by atoms with van der Waals surface area (Å²) in [4.78, 5) is 15.6. The molecular formula is C12H8BrIN2O2. The van der Waals surface area contributed by atoms with E-state index < -0.39 is 0 Å². The topological polar surface area (TPSA) is 62.2 Å². The second-order valence-corrected chi connectivity index (χ2v) is 5.53. The molecule has 0 aliphatic rings. The van der Waals surface area contributed by atoms with Gasteiger partial charge in [0.15, 0.2) is 0 Å². The molecule has 0 saturated carbocycles. The standard InChI is InChI=1S/C12H8BrIN2O2/c13-10-4-8(1-2-11(10)14)16-12(18)7-3-9(17)6-15-5-7/h1-6,17H,(H,16,18). The van der Waals surface area contributed by atoms with E-state index in [1.54, 1.807) is 6.07 Å². The van der Waals surface area contributed by atoms with Crippen LogP contribution in [0.1, 0.15) is 10.4 Å². The fraction of sp³-hybridized carbons (Fsp3) is 0. The van der Waals surface area contributed by atoms with Gasteiger partial charge in [-0.2, -0.15) is 0 Å². The largest absolute Gasteiger partial charge is 0.506 e. The first-order valence-electron chi connectivity index (χ1n) is 4.96. The van der Waals surface area contributed by atoms with Crippen LogP contribution in [0, 0.1) is 3.57 Å². The highest BCUT2D eigenvalue weighted by atomic mass is 127. The molecule has 0 radical (unpaired) electrons. The van der Waals surface area contributed by atoms with E-state index in [0.29, 0.717) is 11.3 Å². The van der Waals surface area contributed by atoms with Gasteiger partial charge < -0.3 is 10.4 Å². The van der Waals surface area contributed by atoms with Crippen molar-refractivity contribution in [1.82, 2.24) is 4.98 Å². The zero-order valence-electron chi connectivity index (χ0n) is 9.02. The Kier molecular flexibility index (Phi) is 4.18. The second-order valence-electron chi connectivity index (χ2n) is 3.51. The number of halogens is 2. The average molecular weight is 419 g/mol. The molecule has 2 N–H and O–H groups in total. The number of carbonyl (C=O) groups excluding carboxylic acids is 1. The van der Waals surface area contributed by atoms with Crippen LogP contribution in [0.3, 0.4) is 0 Å². The van der Waals surface area contributed by atoms with Crippen LogP contribution in [-0.2, 0) is 0 Å². The number of carbonyl (C=O) groups is 1. The Morgan fingerprint density at radius 3 is 2.78 bits per heavy atom. The summed E-state index contributed by atoms with van der Waals surface area (Å²) in [6.45, 7) is 0. The van der Waals surface area contributed by atoms with Crippen LogP contribution in [0.4, 0.5) is 5.69 Å². The maximum atomic E-state index is 11.9. The third-order valence-corrected chi connectivity index (χ3v) is 4.50. The van der Waals surface area contributed by atoms with Crippen LogP contribution in [0.15, 0.2) is 41.1 Å². The SMILES string of the molecule is O=C(Nc1ccc(I)c(Br)c1)c1cncc(O)c1. The quantitative estimate of drug-likeness (QED) is 0.734. The molecule has 18 heavy (non-hydrogen) atoms. The number of aromatic nitrogens is 1. The molecular weight excluding hydrogens is 411 g/mol. The van der Waals surface area contributed by atoms with Gasteiger partial charge in [-0.15, -0.1) is 0 Å². The van der Waals surface area contributed by atoms with Crippen molar-refractivity contribution in [2.45, 2.75) is 0 Å². The first kappa shape index (κ1) is 13.3. The number of nitrogens with one attached hydrogen (secondary N) is 1. The number of benzene rings is 1. The van der Waals surface area contributed by atoms with E-state index in [4.69, 9.17) is 0 Å². The van der Waals surface area contributed by atoms with E-state index >= 15 is 0 Å². The first-order chi connectivity index (χ1) is 8.56. The maximum absolute atomic E-state index is 11.9. The van der Waals surface area contributed by atoms with Gasteiger partial charge in [0, 0.05) is 19.9 Å². The van der Waals surface area contributed by atoms with Gasteiger partial charge in [0.2, 0.25) is 0 Å². The summed E-state index contributed by atoms with van der Waals surface area (Å²) in [6, 6.07) is 6.88. The lowest BCUT2D eigenvalue weighted by atomic mass is 10.2. The Hall–Kier alpha value is -1.15. The van der Waals surface area contributed by atoms with Gasteiger partial charge in [-0.25, -0.2) is 0 Å². The maximum Gasteiger partial charge on any atom is 0.257 e. The lowest BCUT2D eigenvalue weighted by Gasteiger charge is -2.06. The molecule has 1 aromatic heterocycles. The minimum atomic E-state index is -0.313. The Labute approximate surface area is 126 Å². The molecule has 6 heteroatoms. The zero-order chi connectivity index (χ0) is 13.1. The van der Waals surface area contributed by atoms with Crippen molar-refractivity contribution in [2.75, 3.05) is 5.32 Å². The second kappa shape index (κ2) is 5.66. The molecule has 1 aromatic carbocycles.